The van der Waals surface area contributed by atoms with Gasteiger partial charge in [-0.3, -0.25) is 14.5 Å². The van der Waals surface area contributed by atoms with E-state index in [0.717, 1.165) is 6.54 Å². The van der Waals surface area contributed by atoms with Gasteiger partial charge in [0.05, 0.1) is 6.04 Å². The van der Waals surface area contributed by atoms with Crippen molar-refractivity contribution in [3.05, 3.63) is 0 Å². The molecule has 0 aliphatic carbocycles. The number of ether oxygens (including phenoxy) is 1. The number of carbonyl (C=O) groups excluding carboxylic acids is 3. The van der Waals surface area contributed by atoms with Crippen molar-refractivity contribution in [2.24, 2.45) is 0 Å². The molecule has 2 aliphatic heterocycles. The fourth-order valence-corrected chi connectivity index (χ4v) is 3.71. The Bertz CT molecular complexity index is 554. The summed E-state index contributed by atoms with van der Waals surface area (Å²) in [5.74, 6) is -0.399. The van der Waals surface area contributed by atoms with E-state index in [-0.39, 0.29) is 48.6 Å². The first-order valence-electron chi connectivity index (χ1n) is 9.61. The Morgan fingerprint density at radius 3 is 2.44 bits per heavy atom. The molecule has 4 amide bonds. The summed E-state index contributed by atoms with van der Waals surface area (Å²) in [6, 6.07) is -0.603. The molecule has 0 aromatic rings. The Balaban J connectivity index is 2.09. The normalized spacial score (nSPS) is 26.1. The molecule has 0 radical (unpaired) electrons. The standard InChI is InChI=1S/C18H33N5O4/c1-11(2)19-18(26)20-13-6-14-8-22(12(3)4)9-15(17(25)23(14)7-13)21-16(24)10-27-5/h11-15H,6-10H2,1-5H3,(H,21,24)(H2,19,20,26)/t13-,14-,15-/m0/s1. The van der Waals surface area contributed by atoms with E-state index in [4.69, 9.17) is 4.74 Å². The molecule has 27 heavy (non-hydrogen) atoms. The molecule has 154 valence electrons. The summed E-state index contributed by atoms with van der Waals surface area (Å²) in [4.78, 5) is 41.0. The van der Waals surface area contributed by atoms with Gasteiger partial charge in [-0.15, -0.1) is 0 Å². The predicted octanol–water partition coefficient (Wildman–Crippen LogP) is -0.481. The minimum Gasteiger partial charge on any atom is -0.375 e. The smallest absolute Gasteiger partial charge is 0.315 e. The topological polar surface area (TPSA) is 103 Å². The highest BCUT2D eigenvalue weighted by Gasteiger charge is 2.43. The zero-order valence-electron chi connectivity index (χ0n) is 16.9. The van der Waals surface area contributed by atoms with Crippen molar-refractivity contribution < 1.29 is 19.1 Å². The van der Waals surface area contributed by atoms with Crippen molar-refractivity contribution in [3.8, 4) is 0 Å². The largest absolute Gasteiger partial charge is 0.375 e. The van der Waals surface area contributed by atoms with Crippen LogP contribution in [0.25, 0.3) is 0 Å². The molecule has 0 bridgehead atoms. The van der Waals surface area contributed by atoms with Crippen LogP contribution < -0.4 is 16.0 Å². The molecule has 2 fully saturated rings. The summed E-state index contributed by atoms with van der Waals surface area (Å²) in [6.07, 6.45) is 0.708. The second-order valence-electron chi connectivity index (χ2n) is 7.95. The van der Waals surface area contributed by atoms with Gasteiger partial charge in [0.15, 0.2) is 0 Å². The first-order valence-corrected chi connectivity index (χ1v) is 9.61. The third-order valence-corrected chi connectivity index (χ3v) is 4.95. The fraction of sp³-hybridized carbons (Fsp3) is 0.833. The lowest BCUT2D eigenvalue weighted by Gasteiger charge is -2.28. The Kier molecular flexibility index (Phi) is 7.43. The second-order valence-corrected chi connectivity index (χ2v) is 7.95. The maximum Gasteiger partial charge on any atom is 0.315 e. The van der Waals surface area contributed by atoms with Crippen molar-refractivity contribution in [2.45, 2.75) is 64.3 Å². The first-order chi connectivity index (χ1) is 12.7. The SMILES string of the molecule is COCC(=O)N[C@H]1CN(C(C)C)C[C@@H]2C[C@H](NC(=O)NC(C)C)CN2C1=O. The maximum atomic E-state index is 13.1. The Hall–Kier alpha value is -1.87. The van der Waals surface area contributed by atoms with Gasteiger partial charge >= 0.3 is 6.03 Å². The molecule has 0 aromatic heterocycles. The van der Waals surface area contributed by atoms with E-state index in [1.54, 1.807) is 4.90 Å². The molecule has 3 atom stereocenters. The molecule has 0 saturated carbocycles. The van der Waals surface area contributed by atoms with E-state index in [0.29, 0.717) is 19.5 Å². The van der Waals surface area contributed by atoms with E-state index in [1.165, 1.54) is 7.11 Å². The third kappa shape index (κ3) is 5.80. The van der Waals surface area contributed by atoms with E-state index in [2.05, 4.69) is 34.7 Å². The summed E-state index contributed by atoms with van der Waals surface area (Å²) >= 11 is 0. The molecule has 9 nitrogen and oxygen atoms in total. The number of urea groups is 1. The minimum absolute atomic E-state index is 0.0218. The molecule has 2 heterocycles. The maximum absolute atomic E-state index is 13.1. The van der Waals surface area contributed by atoms with Crippen LogP contribution in [0, 0.1) is 0 Å². The summed E-state index contributed by atoms with van der Waals surface area (Å²) in [5.41, 5.74) is 0. The first kappa shape index (κ1) is 21.4. The molecule has 3 N–H and O–H groups in total. The Morgan fingerprint density at radius 1 is 1.15 bits per heavy atom. The highest BCUT2D eigenvalue weighted by molar-refractivity contribution is 5.89. The summed E-state index contributed by atoms with van der Waals surface area (Å²) in [5, 5.41) is 8.57. The van der Waals surface area contributed by atoms with Crippen LogP contribution in [0.15, 0.2) is 0 Å². The minimum atomic E-state index is -0.608. The van der Waals surface area contributed by atoms with Gasteiger partial charge in [-0.1, -0.05) is 0 Å². The van der Waals surface area contributed by atoms with Crippen LogP contribution in [0.2, 0.25) is 0 Å². The average molecular weight is 383 g/mol. The number of hydrogen-bond acceptors (Lipinski definition) is 5. The van der Waals surface area contributed by atoms with E-state index >= 15 is 0 Å². The lowest BCUT2D eigenvalue weighted by atomic mass is 10.1. The second kappa shape index (κ2) is 9.36. The van der Waals surface area contributed by atoms with Crippen LogP contribution in [-0.4, -0.2) is 91.2 Å². The van der Waals surface area contributed by atoms with Crippen LogP contribution in [0.3, 0.4) is 0 Å². The zero-order valence-corrected chi connectivity index (χ0v) is 16.9. The van der Waals surface area contributed by atoms with E-state index in [1.807, 2.05) is 13.8 Å². The molecule has 2 saturated heterocycles. The van der Waals surface area contributed by atoms with Crippen LogP contribution in [-0.2, 0) is 14.3 Å². The molecule has 0 aromatic carbocycles. The van der Waals surface area contributed by atoms with Crippen LogP contribution in [0.1, 0.15) is 34.1 Å². The van der Waals surface area contributed by atoms with Gasteiger partial charge < -0.3 is 25.6 Å². The van der Waals surface area contributed by atoms with Gasteiger partial charge in [0.2, 0.25) is 11.8 Å². The van der Waals surface area contributed by atoms with Gasteiger partial charge in [-0.25, -0.2) is 4.79 Å². The molecule has 0 spiro atoms. The number of amides is 4. The van der Waals surface area contributed by atoms with Gasteiger partial charge in [0.25, 0.3) is 0 Å². The number of carbonyl (C=O) groups is 3. The monoisotopic (exact) mass is 383 g/mol. The van der Waals surface area contributed by atoms with Gasteiger partial charge in [-0.2, -0.15) is 0 Å². The Morgan fingerprint density at radius 2 is 1.85 bits per heavy atom. The van der Waals surface area contributed by atoms with Gasteiger partial charge in [0.1, 0.15) is 12.6 Å². The quantitative estimate of drug-likeness (QED) is 0.575. The average Bonchev–Trinajstić information content (AvgIpc) is 2.88. The Labute approximate surface area is 161 Å². The third-order valence-electron chi connectivity index (χ3n) is 4.95. The molecular formula is C18H33N5O4. The van der Waals surface area contributed by atoms with Crippen molar-refractivity contribution in [3.63, 3.8) is 0 Å². The zero-order chi connectivity index (χ0) is 20.1. The number of fused-ring (bicyclic) bond motifs is 1. The highest BCUT2D eigenvalue weighted by Crippen LogP contribution is 2.24. The summed E-state index contributed by atoms with van der Waals surface area (Å²) < 4.78 is 4.86. The summed E-state index contributed by atoms with van der Waals surface area (Å²) in [7, 11) is 1.45. The summed E-state index contributed by atoms with van der Waals surface area (Å²) in [6.45, 7) is 9.54. The number of methoxy groups -OCH3 is 1. The van der Waals surface area contributed by atoms with Crippen LogP contribution in [0.4, 0.5) is 4.79 Å². The number of nitrogens with zero attached hydrogens (tertiary/aromatic N) is 2. The lowest BCUT2D eigenvalue weighted by molar-refractivity contribution is -0.137. The predicted molar refractivity (Wildman–Crippen MR) is 101 cm³/mol. The van der Waals surface area contributed by atoms with Gasteiger partial charge in [-0.05, 0) is 34.1 Å². The van der Waals surface area contributed by atoms with Crippen molar-refractivity contribution in [1.82, 2.24) is 25.8 Å². The molecule has 9 heteroatoms. The number of hydrogen-bond donors (Lipinski definition) is 3. The number of rotatable bonds is 6. The van der Waals surface area contributed by atoms with E-state index < -0.39 is 6.04 Å². The highest BCUT2D eigenvalue weighted by atomic mass is 16.5. The fourth-order valence-electron chi connectivity index (χ4n) is 3.71. The molecule has 2 aliphatic rings. The van der Waals surface area contributed by atoms with Crippen LogP contribution >= 0.6 is 0 Å². The lowest BCUT2D eigenvalue weighted by Crippen LogP contribution is -2.53. The van der Waals surface area contributed by atoms with Crippen LogP contribution in [0.5, 0.6) is 0 Å². The van der Waals surface area contributed by atoms with Gasteiger partial charge in [0, 0.05) is 44.9 Å². The molecular weight excluding hydrogens is 350 g/mol. The molecule has 0 unspecified atom stereocenters. The molecule has 2 rings (SSSR count). The number of nitrogens with one attached hydrogen (secondary N) is 3. The van der Waals surface area contributed by atoms with Crippen molar-refractivity contribution in [2.75, 3.05) is 33.4 Å². The van der Waals surface area contributed by atoms with E-state index in [9.17, 15) is 14.4 Å². The van der Waals surface area contributed by atoms with Crippen molar-refractivity contribution >= 4 is 17.8 Å². The van der Waals surface area contributed by atoms with Crippen molar-refractivity contribution in [1.29, 1.82) is 0 Å².